The van der Waals surface area contributed by atoms with Crippen molar-refractivity contribution in [2.75, 3.05) is 45.2 Å². The number of anilines is 1. The summed E-state index contributed by atoms with van der Waals surface area (Å²) in [6.45, 7) is 3.23. The summed E-state index contributed by atoms with van der Waals surface area (Å²) in [6, 6.07) is 7.21. The van der Waals surface area contributed by atoms with Crippen LogP contribution in [0.25, 0.3) is 0 Å². The van der Waals surface area contributed by atoms with Crippen molar-refractivity contribution in [3.8, 4) is 0 Å². The van der Waals surface area contributed by atoms with Crippen LogP contribution < -0.4 is 10.2 Å². The van der Waals surface area contributed by atoms with E-state index in [0.29, 0.717) is 0 Å². The van der Waals surface area contributed by atoms with Gasteiger partial charge in [-0.3, -0.25) is 9.69 Å². The molecule has 1 saturated heterocycles. The smallest absolute Gasteiger partial charge is 0.325 e. The number of carbonyl (C=O) groups is 1. The minimum absolute atomic E-state index is 0.543. The lowest BCUT2D eigenvalue weighted by Crippen LogP contribution is -2.47. The topological polar surface area (TPSA) is 55.8 Å². The predicted molar refractivity (Wildman–Crippen MR) is 75.6 cm³/mol. The van der Waals surface area contributed by atoms with Crippen LogP contribution in [0.3, 0.4) is 0 Å². The predicted octanol–water partition coefficient (Wildman–Crippen LogP) is 0.784. The highest BCUT2D eigenvalue weighted by atomic mass is 16.4. The van der Waals surface area contributed by atoms with Crippen LogP contribution in [0.5, 0.6) is 0 Å². The van der Waals surface area contributed by atoms with Crippen LogP contribution in [0.1, 0.15) is 11.6 Å². The van der Waals surface area contributed by atoms with E-state index in [4.69, 9.17) is 0 Å². The van der Waals surface area contributed by atoms with Crippen molar-refractivity contribution in [2.45, 2.75) is 6.04 Å². The summed E-state index contributed by atoms with van der Waals surface area (Å²) >= 11 is 0. The maximum atomic E-state index is 11.5. The zero-order chi connectivity index (χ0) is 13.8. The Morgan fingerprint density at radius 3 is 2.32 bits per heavy atom. The van der Waals surface area contributed by atoms with Crippen molar-refractivity contribution in [3.05, 3.63) is 29.8 Å². The van der Waals surface area contributed by atoms with Crippen molar-refractivity contribution in [1.82, 2.24) is 10.2 Å². The van der Waals surface area contributed by atoms with Crippen LogP contribution >= 0.6 is 0 Å². The second-order valence-electron chi connectivity index (χ2n) is 5.01. The third kappa shape index (κ3) is 3.24. The van der Waals surface area contributed by atoms with Gasteiger partial charge in [0, 0.05) is 46.0 Å². The van der Waals surface area contributed by atoms with E-state index in [2.05, 4.69) is 5.32 Å². The Morgan fingerprint density at radius 2 is 1.84 bits per heavy atom. The van der Waals surface area contributed by atoms with Crippen molar-refractivity contribution >= 4 is 11.7 Å². The van der Waals surface area contributed by atoms with E-state index in [0.717, 1.165) is 37.4 Å². The number of nitrogens with one attached hydrogen (secondary N) is 1. The van der Waals surface area contributed by atoms with Gasteiger partial charge in [-0.1, -0.05) is 12.1 Å². The molecule has 1 aliphatic rings. The molecule has 0 saturated carbocycles. The first-order chi connectivity index (χ1) is 9.09. The van der Waals surface area contributed by atoms with Crippen LogP contribution in [0, 0.1) is 0 Å². The first-order valence-corrected chi connectivity index (χ1v) is 6.54. The lowest BCUT2D eigenvalue weighted by molar-refractivity contribution is -0.143. The van der Waals surface area contributed by atoms with Gasteiger partial charge in [-0.15, -0.1) is 0 Å². The highest BCUT2D eigenvalue weighted by molar-refractivity contribution is 5.75. The molecule has 5 nitrogen and oxygen atoms in total. The molecule has 5 heteroatoms. The summed E-state index contributed by atoms with van der Waals surface area (Å²) in [4.78, 5) is 15.6. The van der Waals surface area contributed by atoms with E-state index in [1.807, 2.05) is 48.2 Å². The number of hydrogen-bond acceptors (Lipinski definition) is 4. The Balaban J connectivity index is 2.20. The maximum Gasteiger partial charge on any atom is 0.325 e. The molecular weight excluding hydrogens is 242 g/mol. The second kappa shape index (κ2) is 6.04. The molecule has 1 heterocycles. The van der Waals surface area contributed by atoms with Crippen molar-refractivity contribution in [3.63, 3.8) is 0 Å². The van der Waals surface area contributed by atoms with Crippen molar-refractivity contribution in [2.24, 2.45) is 0 Å². The number of carboxylic acid groups (broad SMARTS) is 1. The summed E-state index contributed by atoms with van der Waals surface area (Å²) in [6.07, 6.45) is 0. The molecule has 0 radical (unpaired) electrons. The number of rotatable bonds is 4. The van der Waals surface area contributed by atoms with Gasteiger partial charge in [-0.05, 0) is 17.7 Å². The van der Waals surface area contributed by atoms with Crippen LogP contribution in [0.2, 0.25) is 0 Å². The van der Waals surface area contributed by atoms with Gasteiger partial charge < -0.3 is 15.3 Å². The molecule has 1 aliphatic heterocycles. The molecule has 1 aromatic carbocycles. The van der Waals surface area contributed by atoms with E-state index >= 15 is 0 Å². The van der Waals surface area contributed by atoms with Gasteiger partial charge >= 0.3 is 5.97 Å². The quantitative estimate of drug-likeness (QED) is 0.841. The van der Waals surface area contributed by atoms with Crippen molar-refractivity contribution in [1.29, 1.82) is 0 Å². The first-order valence-electron chi connectivity index (χ1n) is 6.54. The number of benzene rings is 1. The molecule has 0 aromatic heterocycles. The Bertz CT molecular complexity index is 425. The molecule has 2 N–H and O–H groups in total. The lowest BCUT2D eigenvalue weighted by atomic mass is 10.0. The number of piperazine rings is 1. The second-order valence-corrected chi connectivity index (χ2v) is 5.01. The molecular formula is C14H21N3O2. The van der Waals surface area contributed by atoms with Crippen LogP contribution in [-0.2, 0) is 4.79 Å². The van der Waals surface area contributed by atoms with Gasteiger partial charge in [0.2, 0.25) is 0 Å². The van der Waals surface area contributed by atoms with Gasteiger partial charge in [0.15, 0.2) is 0 Å². The summed E-state index contributed by atoms with van der Waals surface area (Å²) in [5.41, 5.74) is 1.92. The minimum Gasteiger partial charge on any atom is -0.480 e. The van der Waals surface area contributed by atoms with E-state index in [1.165, 1.54) is 0 Å². The molecule has 1 unspecified atom stereocenters. The van der Waals surface area contributed by atoms with Gasteiger partial charge in [0.1, 0.15) is 6.04 Å². The zero-order valence-corrected chi connectivity index (χ0v) is 11.5. The highest BCUT2D eigenvalue weighted by Gasteiger charge is 2.28. The van der Waals surface area contributed by atoms with Crippen LogP contribution in [-0.4, -0.2) is 56.3 Å². The van der Waals surface area contributed by atoms with Gasteiger partial charge in [0.05, 0.1) is 0 Å². The van der Waals surface area contributed by atoms with Crippen LogP contribution in [0.4, 0.5) is 5.69 Å². The molecule has 1 aromatic rings. The van der Waals surface area contributed by atoms with Crippen molar-refractivity contribution < 1.29 is 9.90 Å². The first kappa shape index (κ1) is 13.8. The Labute approximate surface area is 113 Å². The highest BCUT2D eigenvalue weighted by Crippen LogP contribution is 2.23. The fourth-order valence-electron chi connectivity index (χ4n) is 2.40. The Morgan fingerprint density at radius 1 is 1.26 bits per heavy atom. The summed E-state index contributed by atoms with van der Waals surface area (Å²) < 4.78 is 0. The summed E-state index contributed by atoms with van der Waals surface area (Å²) in [7, 11) is 3.94. The standard InChI is InChI=1S/C14H21N3O2/c1-16(2)12-5-3-11(4-6-12)13(14(18)19)17-9-7-15-8-10-17/h3-6,13,15H,7-10H2,1-2H3,(H,18,19). The van der Waals surface area contributed by atoms with Gasteiger partial charge in [-0.25, -0.2) is 0 Å². The molecule has 104 valence electrons. The average Bonchev–Trinajstić information content (AvgIpc) is 2.40. The number of aliphatic carboxylic acids is 1. The number of nitrogens with zero attached hydrogens (tertiary/aromatic N) is 2. The summed E-state index contributed by atoms with van der Waals surface area (Å²) in [5, 5.41) is 12.7. The molecule has 2 rings (SSSR count). The molecule has 0 bridgehead atoms. The third-order valence-corrected chi connectivity index (χ3v) is 3.48. The molecule has 0 aliphatic carbocycles. The van der Waals surface area contributed by atoms with Gasteiger partial charge in [-0.2, -0.15) is 0 Å². The minimum atomic E-state index is -0.778. The average molecular weight is 263 g/mol. The third-order valence-electron chi connectivity index (χ3n) is 3.48. The Hall–Kier alpha value is -1.59. The molecule has 1 atom stereocenters. The monoisotopic (exact) mass is 263 g/mol. The Kier molecular flexibility index (Phi) is 4.39. The van der Waals surface area contributed by atoms with E-state index in [1.54, 1.807) is 0 Å². The van der Waals surface area contributed by atoms with E-state index < -0.39 is 12.0 Å². The van der Waals surface area contributed by atoms with Crippen LogP contribution in [0.15, 0.2) is 24.3 Å². The van der Waals surface area contributed by atoms with Gasteiger partial charge in [0.25, 0.3) is 0 Å². The normalized spacial score (nSPS) is 18.0. The maximum absolute atomic E-state index is 11.5. The van der Waals surface area contributed by atoms with E-state index in [-0.39, 0.29) is 0 Å². The summed E-state index contributed by atoms with van der Waals surface area (Å²) in [5.74, 6) is -0.778. The zero-order valence-electron chi connectivity index (χ0n) is 11.5. The largest absolute Gasteiger partial charge is 0.480 e. The molecule has 1 fully saturated rings. The number of hydrogen-bond donors (Lipinski definition) is 2. The molecule has 0 spiro atoms. The molecule has 0 amide bonds. The SMILES string of the molecule is CN(C)c1ccc(C(C(=O)O)N2CCNCC2)cc1. The number of carboxylic acids is 1. The fourth-order valence-corrected chi connectivity index (χ4v) is 2.40. The molecule has 19 heavy (non-hydrogen) atoms. The fraction of sp³-hybridized carbons (Fsp3) is 0.500. The van der Waals surface area contributed by atoms with E-state index in [9.17, 15) is 9.90 Å². The lowest BCUT2D eigenvalue weighted by Gasteiger charge is -2.32.